The Balaban J connectivity index is 2.15. The summed E-state index contributed by atoms with van der Waals surface area (Å²) in [5.41, 5.74) is 0. The van der Waals surface area contributed by atoms with Crippen LogP contribution in [-0.2, 0) is 4.79 Å². The third kappa shape index (κ3) is 6.06. The van der Waals surface area contributed by atoms with E-state index < -0.39 is 0 Å². The van der Waals surface area contributed by atoms with Crippen molar-refractivity contribution in [2.75, 3.05) is 13.1 Å². The summed E-state index contributed by atoms with van der Waals surface area (Å²) >= 11 is 0. The van der Waals surface area contributed by atoms with E-state index in [0.717, 1.165) is 38.3 Å². The lowest BCUT2D eigenvalue weighted by Gasteiger charge is -2.24. The molecular weight excluding hydrogens is 212 g/mol. The Labute approximate surface area is 106 Å². The Morgan fingerprint density at radius 2 is 2.12 bits per heavy atom. The van der Waals surface area contributed by atoms with E-state index in [1.54, 1.807) is 0 Å². The molecule has 0 aromatic heterocycles. The molecule has 1 amide bonds. The molecule has 1 saturated heterocycles. The monoisotopic (exact) mass is 240 g/mol. The Kier molecular flexibility index (Phi) is 6.56. The Morgan fingerprint density at radius 1 is 1.35 bits per heavy atom. The molecule has 100 valence electrons. The van der Waals surface area contributed by atoms with Crippen molar-refractivity contribution in [1.29, 1.82) is 0 Å². The van der Waals surface area contributed by atoms with Crippen molar-refractivity contribution in [3.8, 4) is 0 Å². The number of piperidine rings is 1. The summed E-state index contributed by atoms with van der Waals surface area (Å²) in [5.74, 6) is 1.20. The van der Waals surface area contributed by atoms with E-state index in [4.69, 9.17) is 0 Å². The molecule has 0 aromatic rings. The summed E-state index contributed by atoms with van der Waals surface area (Å²) in [4.78, 5) is 12.0. The van der Waals surface area contributed by atoms with Gasteiger partial charge in [-0.15, -0.1) is 0 Å². The predicted octanol–water partition coefficient (Wildman–Crippen LogP) is 2.32. The first-order valence-electron chi connectivity index (χ1n) is 7.10. The zero-order chi connectivity index (χ0) is 12.7. The van der Waals surface area contributed by atoms with Crippen LogP contribution in [0.25, 0.3) is 0 Å². The van der Waals surface area contributed by atoms with Gasteiger partial charge >= 0.3 is 0 Å². The minimum atomic E-state index is 0.191. The molecule has 1 unspecified atom stereocenters. The second-order valence-electron chi connectivity index (χ2n) is 5.78. The first kappa shape index (κ1) is 14.5. The van der Waals surface area contributed by atoms with Gasteiger partial charge in [-0.2, -0.15) is 0 Å². The summed E-state index contributed by atoms with van der Waals surface area (Å²) < 4.78 is 0. The van der Waals surface area contributed by atoms with E-state index in [9.17, 15) is 4.79 Å². The van der Waals surface area contributed by atoms with Crippen LogP contribution in [0.2, 0.25) is 0 Å². The molecular formula is C14H28N2O. The molecule has 3 nitrogen and oxygen atoms in total. The van der Waals surface area contributed by atoms with Gasteiger partial charge in [0, 0.05) is 12.6 Å². The van der Waals surface area contributed by atoms with Gasteiger partial charge in [-0.05, 0) is 38.6 Å². The molecule has 0 aromatic carbocycles. The van der Waals surface area contributed by atoms with Crippen molar-refractivity contribution < 1.29 is 4.79 Å². The van der Waals surface area contributed by atoms with Crippen LogP contribution in [0, 0.1) is 11.8 Å². The fourth-order valence-corrected chi connectivity index (χ4v) is 2.34. The van der Waals surface area contributed by atoms with Crippen LogP contribution in [0.5, 0.6) is 0 Å². The van der Waals surface area contributed by atoms with Crippen LogP contribution in [0.4, 0.5) is 0 Å². The van der Waals surface area contributed by atoms with Gasteiger partial charge in [-0.3, -0.25) is 4.79 Å². The average molecular weight is 240 g/mol. The van der Waals surface area contributed by atoms with Gasteiger partial charge in [-0.25, -0.2) is 0 Å². The van der Waals surface area contributed by atoms with Crippen molar-refractivity contribution in [3.63, 3.8) is 0 Å². The van der Waals surface area contributed by atoms with Crippen LogP contribution >= 0.6 is 0 Å². The highest BCUT2D eigenvalue weighted by atomic mass is 16.1. The molecule has 2 atom stereocenters. The van der Waals surface area contributed by atoms with E-state index in [2.05, 4.69) is 31.4 Å². The minimum Gasteiger partial charge on any atom is -0.353 e. The van der Waals surface area contributed by atoms with Crippen LogP contribution in [0.15, 0.2) is 0 Å². The standard InChI is InChI=1S/C14H28N2O/c1-11(2)6-4-7-12(3)16-14(17)13-8-5-9-15-10-13/h11-13,15H,4-10H2,1-3H3,(H,16,17)/t12?,13-/m1/s1. The third-order valence-electron chi connectivity index (χ3n) is 3.47. The summed E-state index contributed by atoms with van der Waals surface area (Å²) in [6.07, 6.45) is 5.73. The molecule has 1 rings (SSSR count). The van der Waals surface area contributed by atoms with E-state index in [0.29, 0.717) is 6.04 Å². The summed E-state index contributed by atoms with van der Waals surface area (Å²) in [6, 6.07) is 0.322. The number of carbonyl (C=O) groups excluding carboxylic acids is 1. The molecule has 0 aliphatic carbocycles. The maximum Gasteiger partial charge on any atom is 0.224 e. The number of carbonyl (C=O) groups is 1. The quantitative estimate of drug-likeness (QED) is 0.748. The van der Waals surface area contributed by atoms with Crippen LogP contribution in [-0.4, -0.2) is 25.0 Å². The highest BCUT2D eigenvalue weighted by Gasteiger charge is 2.21. The number of rotatable bonds is 6. The molecule has 2 N–H and O–H groups in total. The fraction of sp³-hybridized carbons (Fsp3) is 0.929. The molecule has 1 aliphatic rings. The van der Waals surface area contributed by atoms with Crippen LogP contribution < -0.4 is 10.6 Å². The van der Waals surface area contributed by atoms with E-state index in [-0.39, 0.29) is 11.8 Å². The third-order valence-corrected chi connectivity index (χ3v) is 3.47. The largest absolute Gasteiger partial charge is 0.353 e. The molecule has 3 heteroatoms. The zero-order valence-electron chi connectivity index (χ0n) is 11.6. The van der Waals surface area contributed by atoms with Crippen LogP contribution in [0.1, 0.15) is 52.9 Å². The van der Waals surface area contributed by atoms with Gasteiger partial charge < -0.3 is 10.6 Å². The SMILES string of the molecule is CC(C)CCCC(C)NC(=O)[C@@H]1CCCNC1. The normalized spacial score (nSPS) is 22.5. The average Bonchev–Trinajstić information content (AvgIpc) is 2.29. The van der Waals surface area contributed by atoms with Crippen molar-refractivity contribution in [2.24, 2.45) is 11.8 Å². The lowest BCUT2D eigenvalue weighted by Crippen LogP contribution is -2.43. The highest BCUT2D eigenvalue weighted by molar-refractivity contribution is 5.79. The summed E-state index contributed by atoms with van der Waals surface area (Å²) in [6.45, 7) is 8.53. The van der Waals surface area contributed by atoms with Crippen molar-refractivity contribution in [3.05, 3.63) is 0 Å². The van der Waals surface area contributed by atoms with Gasteiger partial charge in [0.15, 0.2) is 0 Å². The number of nitrogens with one attached hydrogen (secondary N) is 2. The number of hydrogen-bond donors (Lipinski definition) is 2. The lowest BCUT2D eigenvalue weighted by molar-refractivity contribution is -0.126. The van der Waals surface area contributed by atoms with Gasteiger partial charge in [0.05, 0.1) is 5.92 Å². The second-order valence-corrected chi connectivity index (χ2v) is 5.78. The van der Waals surface area contributed by atoms with Crippen molar-refractivity contribution in [1.82, 2.24) is 10.6 Å². The molecule has 1 aliphatic heterocycles. The predicted molar refractivity (Wildman–Crippen MR) is 71.9 cm³/mol. The Hall–Kier alpha value is -0.570. The molecule has 0 saturated carbocycles. The van der Waals surface area contributed by atoms with E-state index in [1.165, 1.54) is 12.8 Å². The van der Waals surface area contributed by atoms with Crippen molar-refractivity contribution >= 4 is 5.91 Å². The smallest absolute Gasteiger partial charge is 0.224 e. The zero-order valence-corrected chi connectivity index (χ0v) is 11.6. The summed E-state index contributed by atoms with van der Waals surface area (Å²) in [5, 5.41) is 6.43. The first-order valence-corrected chi connectivity index (χ1v) is 7.10. The van der Waals surface area contributed by atoms with E-state index >= 15 is 0 Å². The summed E-state index contributed by atoms with van der Waals surface area (Å²) in [7, 11) is 0. The lowest BCUT2D eigenvalue weighted by atomic mass is 9.98. The molecule has 0 spiro atoms. The Morgan fingerprint density at radius 3 is 2.71 bits per heavy atom. The first-order chi connectivity index (χ1) is 8.09. The van der Waals surface area contributed by atoms with Gasteiger partial charge in [-0.1, -0.05) is 26.7 Å². The van der Waals surface area contributed by atoms with Crippen molar-refractivity contribution in [2.45, 2.75) is 58.9 Å². The topological polar surface area (TPSA) is 41.1 Å². The maximum absolute atomic E-state index is 12.0. The van der Waals surface area contributed by atoms with Crippen LogP contribution in [0.3, 0.4) is 0 Å². The highest BCUT2D eigenvalue weighted by Crippen LogP contribution is 2.12. The number of amides is 1. The molecule has 0 bridgehead atoms. The fourth-order valence-electron chi connectivity index (χ4n) is 2.34. The van der Waals surface area contributed by atoms with E-state index in [1.807, 2.05) is 0 Å². The molecule has 1 fully saturated rings. The minimum absolute atomic E-state index is 0.191. The van der Waals surface area contributed by atoms with Gasteiger partial charge in [0.2, 0.25) is 5.91 Å². The molecule has 0 radical (unpaired) electrons. The maximum atomic E-state index is 12.0. The van der Waals surface area contributed by atoms with Gasteiger partial charge in [0.25, 0.3) is 0 Å². The van der Waals surface area contributed by atoms with Gasteiger partial charge in [0.1, 0.15) is 0 Å². The molecule has 1 heterocycles. The second kappa shape index (κ2) is 7.70. The number of hydrogen-bond acceptors (Lipinski definition) is 2. The Bertz CT molecular complexity index is 222. The molecule has 17 heavy (non-hydrogen) atoms.